The molecule has 7 heteroatoms. The van der Waals surface area contributed by atoms with Crippen LogP contribution in [0.1, 0.15) is 44.6 Å². The summed E-state index contributed by atoms with van der Waals surface area (Å²) in [5.41, 5.74) is 0.971. The van der Waals surface area contributed by atoms with Gasteiger partial charge in [-0.3, -0.25) is 0 Å². The fourth-order valence-electron chi connectivity index (χ4n) is 3.99. The van der Waals surface area contributed by atoms with Gasteiger partial charge in [-0.2, -0.15) is 4.98 Å². The Balaban J connectivity index is 1.46. The highest BCUT2D eigenvalue weighted by Crippen LogP contribution is 2.30. The van der Waals surface area contributed by atoms with E-state index in [9.17, 15) is 0 Å². The molecule has 7 nitrogen and oxygen atoms in total. The standard InChI is InChI=1S/C18H23N7/c1-2-7-14(6-1)24-12-16(19-13-24)20-17-15-8-5-11-25(15)22-18(21-17)23-9-3-4-10-23/h5,8,11-14H,1-4,6-7,9-10H2,(H,20,21,22). The van der Waals surface area contributed by atoms with Gasteiger partial charge < -0.3 is 14.8 Å². The lowest BCUT2D eigenvalue weighted by Crippen LogP contribution is -2.22. The van der Waals surface area contributed by atoms with Crippen LogP contribution in [0, 0.1) is 0 Å². The molecule has 1 saturated heterocycles. The summed E-state index contributed by atoms with van der Waals surface area (Å²) in [5.74, 6) is 2.46. The number of hydrogen-bond acceptors (Lipinski definition) is 5. The number of fused-ring (bicyclic) bond motifs is 1. The third-order valence-electron chi connectivity index (χ3n) is 5.36. The minimum atomic E-state index is 0.599. The van der Waals surface area contributed by atoms with Crippen molar-refractivity contribution in [1.29, 1.82) is 0 Å². The number of imidazole rings is 1. The molecular formula is C18H23N7. The topological polar surface area (TPSA) is 63.3 Å². The van der Waals surface area contributed by atoms with E-state index in [1.54, 1.807) is 0 Å². The van der Waals surface area contributed by atoms with Crippen LogP contribution in [-0.4, -0.2) is 37.2 Å². The van der Waals surface area contributed by atoms with Crippen molar-refractivity contribution >= 4 is 23.1 Å². The molecule has 0 radical (unpaired) electrons. The molecule has 3 aromatic heterocycles. The number of hydrogen-bond donors (Lipinski definition) is 1. The lowest BCUT2D eigenvalue weighted by Gasteiger charge is -2.16. The second-order valence-electron chi connectivity index (χ2n) is 7.06. The van der Waals surface area contributed by atoms with Crippen molar-refractivity contribution in [3.8, 4) is 0 Å². The first-order chi connectivity index (χ1) is 12.4. The molecule has 0 unspecified atom stereocenters. The van der Waals surface area contributed by atoms with Crippen molar-refractivity contribution in [1.82, 2.24) is 24.1 Å². The van der Waals surface area contributed by atoms with Crippen molar-refractivity contribution < 1.29 is 0 Å². The lowest BCUT2D eigenvalue weighted by atomic mass is 10.2. The van der Waals surface area contributed by atoms with Gasteiger partial charge in [-0.05, 0) is 37.8 Å². The van der Waals surface area contributed by atoms with E-state index in [0.717, 1.165) is 36.2 Å². The van der Waals surface area contributed by atoms with Gasteiger partial charge in [0.25, 0.3) is 0 Å². The van der Waals surface area contributed by atoms with Gasteiger partial charge in [0.15, 0.2) is 5.82 Å². The third-order valence-corrected chi connectivity index (χ3v) is 5.36. The Hall–Kier alpha value is -2.57. The zero-order valence-corrected chi connectivity index (χ0v) is 14.3. The SMILES string of the molecule is c1cc2c(Nc3cn(C4CCCC4)cn3)nc(N3CCCC3)nn2c1. The Morgan fingerprint density at radius 1 is 1.08 bits per heavy atom. The van der Waals surface area contributed by atoms with E-state index < -0.39 is 0 Å². The predicted molar refractivity (Wildman–Crippen MR) is 97.4 cm³/mol. The van der Waals surface area contributed by atoms with Crippen molar-refractivity contribution in [3.05, 3.63) is 30.9 Å². The third kappa shape index (κ3) is 2.73. The molecule has 3 aromatic rings. The Kier molecular flexibility index (Phi) is 3.57. The van der Waals surface area contributed by atoms with Gasteiger partial charge in [-0.25, -0.2) is 9.50 Å². The van der Waals surface area contributed by atoms with Crippen LogP contribution in [0.5, 0.6) is 0 Å². The van der Waals surface area contributed by atoms with E-state index in [4.69, 9.17) is 4.98 Å². The zero-order valence-electron chi connectivity index (χ0n) is 14.3. The van der Waals surface area contributed by atoms with Crippen LogP contribution in [0.4, 0.5) is 17.6 Å². The van der Waals surface area contributed by atoms with Gasteiger partial charge in [0, 0.05) is 31.5 Å². The molecule has 2 aliphatic rings. The smallest absolute Gasteiger partial charge is 0.245 e. The Bertz CT molecular complexity index is 869. The first-order valence-electron chi connectivity index (χ1n) is 9.28. The summed E-state index contributed by atoms with van der Waals surface area (Å²) >= 11 is 0. The highest BCUT2D eigenvalue weighted by Gasteiger charge is 2.19. The monoisotopic (exact) mass is 337 g/mol. The van der Waals surface area contributed by atoms with Gasteiger partial charge in [-0.1, -0.05) is 12.8 Å². The summed E-state index contributed by atoms with van der Waals surface area (Å²) in [7, 11) is 0. The molecule has 2 fully saturated rings. The molecular weight excluding hydrogens is 314 g/mol. The van der Waals surface area contributed by atoms with Gasteiger partial charge in [0.1, 0.15) is 11.3 Å². The molecule has 1 N–H and O–H groups in total. The molecule has 1 aliphatic heterocycles. The highest BCUT2D eigenvalue weighted by atomic mass is 15.4. The normalized spacial score (nSPS) is 18.5. The van der Waals surface area contributed by atoms with Crippen LogP contribution in [0.3, 0.4) is 0 Å². The first kappa shape index (κ1) is 14.7. The van der Waals surface area contributed by atoms with E-state index in [1.807, 2.05) is 29.2 Å². The Morgan fingerprint density at radius 2 is 1.92 bits per heavy atom. The quantitative estimate of drug-likeness (QED) is 0.791. The molecule has 25 heavy (non-hydrogen) atoms. The maximum Gasteiger partial charge on any atom is 0.245 e. The fourth-order valence-corrected chi connectivity index (χ4v) is 3.99. The summed E-state index contributed by atoms with van der Waals surface area (Å²) < 4.78 is 4.14. The second-order valence-corrected chi connectivity index (χ2v) is 7.06. The molecule has 5 rings (SSSR count). The number of rotatable bonds is 4. The van der Waals surface area contributed by atoms with Crippen LogP contribution in [-0.2, 0) is 0 Å². The molecule has 0 amide bonds. The number of anilines is 3. The van der Waals surface area contributed by atoms with E-state index in [-0.39, 0.29) is 0 Å². The van der Waals surface area contributed by atoms with Gasteiger partial charge >= 0.3 is 0 Å². The van der Waals surface area contributed by atoms with Gasteiger partial charge in [0.05, 0.1) is 6.33 Å². The molecule has 0 aromatic carbocycles. The van der Waals surface area contributed by atoms with E-state index in [1.165, 1.54) is 38.5 Å². The maximum atomic E-state index is 4.79. The van der Waals surface area contributed by atoms with Crippen molar-refractivity contribution in [2.24, 2.45) is 0 Å². The summed E-state index contributed by atoms with van der Waals surface area (Å²) in [6.45, 7) is 2.06. The summed E-state index contributed by atoms with van der Waals surface area (Å²) in [6, 6.07) is 4.63. The lowest BCUT2D eigenvalue weighted by molar-refractivity contribution is 0.518. The maximum absolute atomic E-state index is 4.79. The van der Waals surface area contributed by atoms with Crippen molar-refractivity contribution in [2.75, 3.05) is 23.3 Å². The Labute approximate surface area is 146 Å². The second kappa shape index (κ2) is 6.06. The summed E-state index contributed by atoms with van der Waals surface area (Å²) in [6.07, 6.45) is 13.6. The predicted octanol–water partition coefficient (Wildman–Crippen LogP) is 3.38. The minimum Gasteiger partial charge on any atom is -0.340 e. The molecule has 130 valence electrons. The van der Waals surface area contributed by atoms with Crippen molar-refractivity contribution in [3.63, 3.8) is 0 Å². The first-order valence-corrected chi connectivity index (χ1v) is 9.28. The van der Waals surface area contributed by atoms with Crippen LogP contribution in [0.25, 0.3) is 5.52 Å². The van der Waals surface area contributed by atoms with Gasteiger partial charge in [-0.15, -0.1) is 5.10 Å². The number of nitrogens with zero attached hydrogens (tertiary/aromatic N) is 6. The molecule has 1 aliphatic carbocycles. The largest absolute Gasteiger partial charge is 0.340 e. The summed E-state index contributed by atoms with van der Waals surface area (Å²) in [5, 5.41) is 8.06. The molecule has 0 spiro atoms. The van der Waals surface area contributed by atoms with E-state index in [0.29, 0.717) is 6.04 Å². The van der Waals surface area contributed by atoms with Crippen LogP contribution >= 0.6 is 0 Å². The fraction of sp³-hybridized carbons (Fsp3) is 0.500. The van der Waals surface area contributed by atoms with Gasteiger partial charge in [0.2, 0.25) is 5.95 Å². The van der Waals surface area contributed by atoms with Crippen LogP contribution in [0.2, 0.25) is 0 Å². The average Bonchev–Trinajstić information content (AvgIpc) is 3.40. The number of nitrogens with one attached hydrogen (secondary N) is 1. The van der Waals surface area contributed by atoms with E-state index in [2.05, 4.69) is 31.1 Å². The van der Waals surface area contributed by atoms with Crippen LogP contribution < -0.4 is 10.2 Å². The zero-order chi connectivity index (χ0) is 16.6. The minimum absolute atomic E-state index is 0.599. The molecule has 0 atom stereocenters. The summed E-state index contributed by atoms with van der Waals surface area (Å²) in [4.78, 5) is 11.6. The molecule has 4 heterocycles. The Morgan fingerprint density at radius 3 is 2.76 bits per heavy atom. The van der Waals surface area contributed by atoms with Crippen molar-refractivity contribution in [2.45, 2.75) is 44.6 Å². The average molecular weight is 337 g/mol. The van der Waals surface area contributed by atoms with Crippen LogP contribution in [0.15, 0.2) is 30.9 Å². The number of aromatic nitrogens is 5. The molecule has 0 bridgehead atoms. The van der Waals surface area contributed by atoms with E-state index >= 15 is 0 Å². The highest BCUT2D eigenvalue weighted by molar-refractivity contribution is 5.72. The molecule has 1 saturated carbocycles.